The average Bonchev–Trinajstić information content (AvgIpc) is 2.56. The van der Waals surface area contributed by atoms with E-state index >= 15 is 0 Å². The lowest BCUT2D eigenvalue weighted by Crippen LogP contribution is -2.61. The molecule has 0 spiro atoms. The summed E-state index contributed by atoms with van der Waals surface area (Å²) < 4.78 is 23.2. The fraction of sp³-hybridized carbons (Fsp3) is 0.333. The third-order valence-corrected chi connectivity index (χ3v) is 4.64. The molecule has 1 aromatic carbocycles. The second-order valence-electron chi connectivity index (χ2n) is 6.02. The second-order valence-corrected chi connectivity index (χ2v) is 6.02. The topological polar surface area (TPSA) is 36.9 Å². The van der Waals surface area contributed by atoms with E-state index in [1.54, 1.807) is 13.8 Å². The molecule has 1 aromatic rings. The van der Waals surface area contributed by atoms with E-state index in [9.17, 15) is 0 Å². The van der Waals surface area contributed by atoms with Gasteiger partial charge >= 0.3 is 0 Å². The van der Waals surface area contributed by atoms with Crippen molar-refractivity contribution in [1.82, 2.24) is 0 Å². The van der Waals surface area contributed by atoms with Crippen molar-refractivity contribution >= 4 is 0 Å². The first-order chi connectivity index (χ1) is 11.8. The zero-order chi connectivity index (χ0) is 19.0. The summed E-state index contributed by atoms with van der Waals surface area (Å²) in [5.41, 5.74) is 0.203. The van der Waals surface area contributed by atoms with Crippen LogP contribution in [0.3, 0.4) is 0 Å². The van der Waals surface area contributed by atoms with Crippen molar-refractivity contribution in [1.29, 1.82) is 0 Å². The molecular formula is C21H28O4. The molecule has 0 saturated heterocycles. The van der Waals surface area contributed by atoms with Crippen LogP contribution < -0.4 is 0 Å². The zero-order valence-electron chi connectivity index (χ0n) is 15.4. The fourth-order valence-corrected chi connectivity index (χ4v) is 2.95. The molecule has 0 aliphatic heterocycles. The van der Waals surface area contributed by atoms with Crippen LogP contribution in [0.4, 0.5) is 0 Å². The summed E-state index contributed by atoms with van der Waals surface area (Å²) in [6.07, 6.45) is 5.83. The third kappa shape index (κ3) is 4.08. The minimum absolute atomic E-state index is 0.518. The predicted octanol–water partition coefficient (Wildman–Crippen LogP) is 5.31. The predicted molar refractivity (Wildman–Crippen MR) is 100 cm³/mol. The molecule has 4 heteroatoms. The Labute approximate surface area is 151 Å². The van der Waals surface area contributed by atoms with Crippen LogP contribution >= 0.6 is 0 Å². The number of hydrogen-bond acceptors (Lipinski definition) is 4. The lowest BCUT2D eigenvalue weighted by molar-refractivity contribution is -0.337. The van der Waals surface area contributed by atoms with Crippen LogP contribution in [0.1, 0.15) is 26.3 Å². The van der Waals surface area contributed by atoms with E-state index in [0.29, 0.717) is 6.42 Å². The Bertz CT molecular complexity index is 541. The molecule has 0 saturated carbocycles. The molecule has 0 heterocycles. The van der Waals surface area contributed by atoms with Crippen molar-refractivity contribution in [2.24, 2.45) is 5.41 Å². The Hall–Kier alpha value is -2.62. The lowest BCUT2D eigenvalue weighted by Gasteiger charge is -2.51. The molecule has 0 N–H and O–H groups in total. The molecule has 0 aromatic heterocycles. The van der Waals surface area contributed by atoms with Crippen LogP contribution in [-0.4, -0.2) is 11.6 Å². The van der Waals surface area contributed by atoms with E-state index in [4.69, 9.17) is 18.9 Å². The third-order valence-electron chi connectivity index (χ3n) is 4.64. The molecule has 136 valence electrons. The van der Waals surface area contributed by atoms with Gasteiger partial charge in [-0.2, -0.15) is 0 Å². The second kappa shape index (κ2) is 8.47. The summed E-state index contributed by atoms with van der Waals surface area (Å²) in [5, 5.41) is 0. The van der Waals surface area contributed by atoms with Crippen molar-refractivity contribution in [3.63, 3.8) is 0 Å². The van der Waals surface area contributed by atoms with E-state index in [0.717, 1.165) is 5.56 Å². The normalized spacial score (nSPS) is 11.8. The highest BCUT2D eigenvalue weighted by Gasteiger charge is 2.62. The van der Waals surface area contributed by atoms with Gasteiger partial charge in [-0.15, -0.1) is 0 Å². The molecule has 0 bridgehead atoms. The Morgan fingerprint density at radius 1 is 0.720 bits per heavy atom. The molecule has 0 amide bonds. The highest BCUT2D eigenvalue weighted by atomic mass is 16.7. The van der Waals surface area contributed by atoms with Crippen molar-refractivity contribution in [2.75, 3.05) is 0 Å². The molecule has 4 nitrogen and oxygen atoms in total. The van der Waals surface area contributed by atoms with Crippen LogP contribution in [0.5, 0.6) is 0 Å². The van der Waals surface area contributed by atoms with E-state index in [-0.39, 0.29) is 0 Å². The van der Waals surface area contributed by atoms with Gasteiger partial charge in [0, 0.05) is 13.8 Å². The van der Waals surface area contributed by atoms with Gasteiger partial charge in [-0.1, -0.05) is 56.6 Å². The van der Waals surface area contributed by atoms with E-state index < -0.39 is 17.0 Å². The Morgan fingerprint density at radius 3 is 1.40 bits per heavy atom. The summed E-state index contributed by atoms with van der Waals surface area (Å²) >= 11 is 0. The number of benzene rings is 1. The molecule has 0 aliphatic rings. The molecule has 0 unspecified atom stereocenters. The first-order valence-electron chi connectivity index (χ1n) is 8.01. The van der Waals surface area contributed by atoms with Crippen molar-refractivity contribution in [3.8, 4) is 0 Å². The van der Waals surface area contributed by atoms with Crippen LogP contribution in [0, 0.1) is 5.41 Å². The van der Waals surface area contributed by atoms with E-state index in [2.05, 4.69) is 26.3 Å². The van der Waals surface area contributed by atoms with Crippen LogP contribution in [-0.2, 0) is 25.4 Å². The first kappa shape index (κ1) is 20.4. The summed E-state index contributed by atoms with van der Waals surface area (Å²) in [7, 11) is 0. The molecule has 0 fully saturated rings. The van der Waals surface area contributed by atoms with Crippen molar-refractivity contribution < 1.29 is 18.9 Å². The first-order valence-corrected chi connectivity index (χ1v) is 8.01. The van der Waals surface area contributed by atoms with Gasteiger partial charge in [0.2, 0.25) is 0 Å². The van der Waals surface area contributed by atoms with Gasteiger partial charge in [0.1, 0.15) is 5.41 Å². The number of rotatable bonds is 12. The van der Waals surface area contributed by atoms with E-state index in [1.165, 1.54) is 25.0 Å². The summed E-state index contributed by atoms with van der Waals surface area (Å²) in [4.78, 5) is 0. The zero-order valence-corrected chi connectivity index (χ0v) is 15.4. The summed E-state index contributed by atoms with van der Waals surface area (Å²) in [6.45, 7) is 20.2. The minimum atomic E-state index is -1.19. The van der Waals surface area contributed by atoms with Gasteiger partial charge in [-0.25, -0.2) is 0 Å². The molecule has 1 rings (SSSR count). The molecule has 0 atom stereocenters. The maximum atomic E-state index is 5.79. The Balaban J connectivity index is 3.56. The van der Waals surface area contributed by atoms with Crippen molar-refractivity contribution in [2.45, 2.75) is 38.8 Å². The fourth-order valence-electron chi connectivity index (χ4n) is 2.95. The SMILES string of the molecule is C=COC(C)(OC=C)C(C)(Cc1ccccc1)C(C)(OC=C)OC=C. The molecule has 0 aliphatic carbocycles. The van der Waals surface area contributed by atoms with Gasteiger partial charge in [-0.05, 0) is 18.9 Å². The van der Waals surface area contributed by atoms with Gasteiger partial charge < -0.3 is 18.9 Å². The standard InChI is InChI=1S/C21H28O4/c1-8-22-20(6,23-9-2)19(5,17-18-15-13-12-14-16-18)21(7,24-10-3)25-11-4/h8-16H,1-4,17H2,5-7H3. The molecule has 0 radical (unpaired) electrons. The minimum Gasteiger partial charge on any atom is -0.460 e. The van der Waals surface area contributed by atoms with Gasteiger partial charge in [0.25, 0.3) is 11.6 Å². The van der Waals surface area contributed by atoms with Crippen LogP contribution in [0.2, 0.25) is 0 Å². The lowest BCUT2D eigenvalue weighted by atomic mass is 9.70. The Morgan fingerprint density at radius 2 is 1.08 bits per heavy atom. The van der Waals surface area contributed by atoms with Crippen LogP contribution in [0.15, 0.2) is 81.7 Å². The van der Waals surface area contributed by atoms with Crippen molar-refractivity contribution in [3.05, 3.63) is 87.3 Å². The van der Waals surface area contributed by atoms with Gasteiger partial charge in [-0.3, -0.25) is 0 Å². The largest absolute Gasteiger partial charge is 0.460 e. The average molecular weight is 344 g/mol. The Kier molecular flexibility index (Phi) is 6.92. The number of ether oxygens (including phenoxy) is 4. The van der Waals surface area contributed by atoms with Gasteiger partial charge in [0.15, 0.2) is 0 Å². The maximum absolute atomic E-state index is 5.79. The molecular weight excluding hydrogens is 316 g/mol. The van der Waals surface area contributed by atoms with Gasteiger partial charge in [0.05, 0.1) is 25.0 Å². The maximum Gasteiger partial charge on any atom is 0.259 e. The number of hydrogen-bond donors (Lipinski definition) is 0. The summed E-state index contributed by atoms with van der Waals surface area (Å²) in [6, 6.07) is 9.93. The van der Waals surface area contributed by atoms with E-state index in [1.807, 2.05) is 37.3 Å². The highest BCUT2D eigenvalue weighted by Crippen LogP contribution is 2.49. The monoisotopic (exact) mass is 344 g/mol. The highest BCUT2D eigenvalue weighted by molar-refractivity contribution is 5.19. The molecule has 25 heavy (non-hydrogen) atoms. The summed E-state index contributed by atoms with van der Waals surface area (Å²) in [5.74, 6) is -2.37. The van der Waals surface area contributed by atoms with Crippen LogP contribution in [0.25, 0.3) is 0 Å². The smallest absolute Gasteiger partial charge is 0.259 e. The quantitative estimate of drug-likeness (QED) is 0.380.